The van der Waals surface area contributed by atoms with Gasteiger partial charge in [0.1, 0.15) is 11.9 Å². The highest BCUT2D eigenvalue weighted by molar-refractivity contribution is 5.96. The van der Waals surface area contributed by atoms with Gasteiger partial charge in [0.05, 0.1) is 36.0 Å². The Kier molecular flexibility index (Phi) is 4.78. The molecule has 32 heavy (non-hydrogen) atoms. The number of methoxy groups -OCH3 is 1. The first-order chi connectivity index (χ1) is 15.4. The second-order valence-electron chi connectivity index (χ2n) is 8.21. The summed E-state index contributed by atoms with van der Waals surface area (Å²) in [5.41, 5.74) is 4.62. The molecule has 2 aromatic carbocycles. The maximum Gasteiger partial charge on any atom is 0.331 e. The molecule has 0 aliphatic carbocycles. The molecule has 0 fully saturated rings. The van der Waals surface area contributed by atoms with Crippen molar-refractivity contribution in [3.63, 3.8) is 0 Å². The molecular weight excluding hydrogens is 406 g/mol. The van der Waals surface area contributed by atoms with Gasteiger partial charge in [0.2, 0.25) is 0 Å². The van der Waals surface area contributed by atoms with E-state index in [-0.39, 0.29) is 11.2 Å². The molecule has 5 rings (SSSR count). The molecule has 2 aromatic heterocycles. The van der Waals surface area contributed by atoms with E-state index in [1.807, 2.05) is 49.4 Å². The summed E-state index contributed by atoms with van der Waals surface area (Å²) in [7, 11) is 4.87. The number of nitrogens with zero attached hydrogens (tertiary/aromatic N) is 3. The highest BCUT2D eigenvalue weighted by Gasteiger charge is 2.33. The molecule has 4 aromatic rings. The van der Waals surface area contributed by atoms with E-state index in [1.165, 1.54) is 11.6 Å². The Morgan fingerprint density at radius 2 is 1.78 bits per heavy atom. The summed E-state index contributed by atoms with van der Waals surface area (Å²) in [5, 5.41) is 0.541. The molecule has 1 aliphatic rings. The fourth-order valence-electron chi connectivity index (χ4n) is 4.70. The quantitative estimate of drug-likeness (QED) is 0.500. The van der Waals surface area contributed by atoms with Crippen LogP contribution in [-0.4, -0.2) is 27.4 Å². The summed E-state index contributed by atoms with van der Waals surface area (Å²) in [6, 6.07) is 15.8. The van der Waals surface area contributed by atoms with E-state index in [0.717, 1.165) is 33.8 Å². The smallest absolute Gasteiger partial charge is 0.331 e. The van der Waals surface area contributed by atoms with Gasteiger partial charge in [0, 0.05) is 20.6 Å². The van der Waals surface area contributed by atoms with Crippen LogP contribution in [0.1, 0.15) is 22.9 Å². The SMILES string of the molecule is COc1ccc(C2OCCn3c(-c4cccc(C)c4)c4c(=O)n(C)c(=O)n(C)c4c32)cc1. The molecule has 0 N–H and O–H groups in total. The van der Waals surface area contributed by atoms with Gasteiger partial charge in [0.25, 0.3) is 5.56 Å². The van der Waals surface area contributed by atoms with Crippen molar-refractivity contribution in [2.75, 3.05) is 13.7 Å². The van der Waals surface area contributed by atoms with Crippen LogP contribution in [0.15, 0.2) is 58.1 Å². The summed E-state index contributed by atoms with van der Waals surface area (Å²) >= 11 is 0. The lowest BCUT2D eigenvalue weighted by atomic mass is 10.0. The van der Waals surface area contributed by atoms with Crippen LogP contribution >= 0.6 is 0 Å². The number of ether oxygens (including phenoxy) is 2. The first-order valence-corrected chi connectivity index (χ1v) is 10.6. The van der Waals surface area contributed by atoms with E-state index >= 15 is 0 Å². The van der Waals surface area contributed by atoms with Crippen LogP contribution in [0.3, 0.4) is 0 Å². The summed E-state index contributed by atoms with van der Waals surface area (Å²) in [4.78, 5) is 26.3. The predicted molar refractivity (Wildman–Crippen MR) is 123 cm³/mol. The van der Waals surface area contributed by atoms with E-state index in [1.54, 1.807) is 18.7 Å². The van der Waals surface area contributed by atoms with E-state index in [9.17, 15) is 9.59 Å². The third-order valence-electron chi connectivity index (χ3n) is 6.26. The third-order valence-corrected chi connectivity index (χ3v) is 6.26. The van der Waals surface area contributed by atoms with Gasteiger partial charge in [-0.25, -0.2) is 4.79 Å². The van der Waals surface area contributed by atoms with Crippen molar-refractivity contribution in [1.29, 1.82) is 0 Å². The zero-order valence-electron chi connectivity index (χ0n) is 18.6. The van der Waals surface area contributed by atoms with Crippen LogP contribution in [0.4, 0.5) is 0 Å². The number of aryl methyl sites for hydroxylation is 2. The molecule has 7 heteroatoms. The van der Waals surface area contributed by atoms with E-state index in [4.69, 9.17) is 9.47 Å². The Morgan fingerprint density at radius 1 is 1.03 bits per heavy atom. The standard InChI is InChI=1S/C25H25N3O4/c1-15-6-5-7-17(14-15)20-19-21(26(2)25(30)27(3)24(19)29)22-23(32-13-12-28(20)22)16-8-10-18(31-4)11-9-16/h5-11,14,23H,12-13H2,1-4H3. The van der Waals surface area contributed by atoms with Gasteiger partial charge in [-0.2, -0.15) is 0 Å². The van der Waals surface area contributed by atoms with Crippen molar-refractivity contribution in [2.45, 2.75) is 19.6 Å². The van der Waals surface area contributed by atoms with Crippen LogP contribution in [0.25, 0.3) is 22.2 Å². The first kappa shape index (κ1) is 20.3. The Labute approximate surface area is 185 Å². The van der Waals surface area contributed by atoms with Crippen LogP contribution in [0.2, 0.25) is 0 Å². The van der Waals surface area contributed by atoms with Crippen LogP contribution in [0.5, 0.6) is 5.75 Å². The number of hydrogen-bond acceptors (Lipinski definition) is 4. The summed E-state index contributed by atoms with van der Waals surface area (Å²) < 4.78 is 16.4. The Balaban J connectivity index is 1.90. The highest BCUT2D eigenvalue weighted by Crippen LogP contribution is 2.40. The number of benzene rings is 2. The van der Waals surface area contributed by atoms with Gasteiger partial charge in [0.15, 0.2) is 0 Å². The van der Waals surface area contributed by atoms with E-state index < -0.39 is 6.10 Å². The highest BCUT2D eigenvalue weighted by atomic mass is 16.5. The lowest BCUT2D eigenvalue weighted by Crippen LogP contribution is -2.37. The zero-order chi connectivity index (χ0) is 22.6. The second-order valence-corrected chi connectivity index (χ2v) is 8.21. The van der Waals surface area contributed by atoms with Crippen LogP contribution in [-0.2, 0) is 25.4 Å². The van der Waals surface area contributed by atoms with Crippen molar-refractivity contribution in [3.8, 4) is 17.0 Å². The Bertz CT molecular complexity index is 1460. The van der Waals surface area contributed by atoms with Crippen LogP contribution in [0, 0.1) is 6.92 Å². The summed E-state index contributed by atoms with van der Waals surface area (Å²) in [6.45, 7) is 3.12. The molecular formula is C25H25N3O4. The molecule has 0 saturated carbocycles. The molecule has 164 valence electrons. The minimum absolute atomic E-state index is 0.296. The van der Waals surface area contributed by atoms with Gasteiger partial charge in [-0.05, 0) is 36.2 Å². The third kappa shape index (κ3) is 2.92. The molecule has 0 amide bonds. The van der Waals surface area contributed by atoms with Crippen LogP contribution < -0.4 is 16.0 Å². The minimum Gasteiger partial charge on any atom is -0.497 e. The Morgan fingerprint density at radius 3 is 2.47 bits per heavy atom. The molecule has 1 unspecified atom stereocenters. The van der Waals surface area contributed by atoms with Gasteiger partial charge >= 0.3 is 5.69 Å². The van der Waals surface area contributed by atoms with Crippen molar-refractivity contribution >= 4 is 10.9 Å². The summed E-state index contributed by atoms with van der Waals surface area (Å²) in [6.07, 6.45) is -0.409. The van der Waals surface area contributed by atoms with E-state index in [0.29, 0.717) is 24.1 Å². The molecule has 1 aliphatic heterocycles. The Hall–Kier alpha value is -3.58. The molecule has 0 radical (unpaired) electrons. The molecule has 7 nitrogen and oxygen atoms in total. The molecule has 3 heterocycles. The topological polar surface area (TPSA) is 67.4 Å². The normalized spacial score (nSPS) is 15.7. The molecule has 0 bridgehead atoms. The second kappa shape index (κ2) is 7.53. The lowest BCUT2D eigenvalue weighted by molar-refractivity contribution is 0.0478. The average Bonchev–Trinajstić information content (AvgIpc) is 3.17. The van der Waals surface area contributed by atoms with Crippen molar-refractivity contribution < 1.29 is 9.47 Å². The number of aromatic nitrogens is 3. The fraction of sp³-hybridized carbons (Fsp3) is 0.280. The monoisotopic (exact) mass is 431 g/mol. The fourth-order valence-corrected chi connectivity index (χ4v) is 4.70. The van der Waals surface area contributed by atoms with Gasteiger partial charge in [-0.1, -0.05) is 35.9 Å². The number of hydrogen-bond donors (Lipinski definition) is 0. The molecule has 1 atom stereocenters. The zero-order valence-corrected chi connectivity index (χ0v) is 18.6. The average molecular weight is 431 g/mol. The van der Waals surface area contributed by atoms with Crippen molar-refractivity contribution in [2.24, 2.45) is 14.1 Å². The summed E-state index contributed by atoms with van der Waals surface area (Å²) in [5.74, 6) is 0.756. The maximum atomic E-state index is 13.4. The minimum atomic E-state index is -0.409. The van der Waals surface area contributed by atoms with Gasteiger partial charge < -0.3 is 14.0 Å². The molecule has 0 spiro atoms. The maximum absolute atomic E-state index is 13.4. The molecule has 0 saturated heterocycles. The predicted octanol–water partition coefficient (Wildman–Crippen LogP) is 3.14. The van der Waals surface area contributed by atoms with E-state index in [2.05, 4.69) is 10.6 Å². The number of rotatable bonds is 3. The van der Waals surface area contributed by atoms with Gasteiger partial charge in [-0.3, -0.25) is 13.9 Å². The number of fused-ring (bicyclic) bond motifs is 3. The van der Waals surface area contributed by atoms with Crippen molar-refractivity contribution in [1.82, 2.24) is 13.7 Å². The van der Waals surface area contributed by atoms with Crippen molar-refractivity contribution in [3.05, 3.63) is 86.2 Å². The first-order valence-electron chi connectivity index (χ1n) is 10.6. The van der Waals surface area contributed by atoms with Gasteiger partial charge in [-0.15, -0.1) is 0 Å². The lowest BCUT2D eigenvalue weighted by Gasteiger charge is -2.28. The largest absolute Gasteiger partial charge is 0.497 e.